The lowest BCUT2D eigenvalue weighted by Gasteiger charge is -2.28. The smallest absolute Gasteiger partial charge is 0.165 e. The van der Waals surface area contributed by atoms with Crippen LogP contribution in [0.25, 0.3) is 0 Å². The molecule has 0 atom stereocenters. The second-order valence-electron chi connectivity index (χ2n) is 4.85. The van der Waals surface area contributed by atoms with Crippen LogP contribution in [-0.4, -0.2) is 20.2 Å². The molecule has 0 saturated heterocycles. The van der Waals surface area contributed by atoms with Gasteiger partial charge in [0.15, 0.2) is 11.6 Å². The highest BCUT2D eigenvalue weighted by molar-refractivity contribution is 5.33. The highest BCUT2D eigenvalue weighted by Gasteiger charge is 2.24. The third kappa shape index (κ3) is 2.64. The highest BCUT2D eigenvalue weighted by Crippen LogP contribution is 2.36. The van der Waals surface area contributed by atoms with E-state index in [9.17, 15) is 8.78 Å². The SMILES string of the molecule is CNC1CCC(c2cc(F)c(OC)cc2F)CC1. The van der Waals surface area contributed by atoms with Gasteiger partial charge in [0, 0.05) is 12.1 Å². The lowest BCUT2D eigenvalue weighted by molar-refractivity contribution is 0.348. The Bertz CT molecular complexity index is 415. The molecule has 0 bridgehead atoms. The van der Waals surface area contributed by atoms with Crippen LogP contribution in [0.5, 0.6) is 5.75 Å². The molecule has 4 heteroatoms. The van der Waals surface area contributed by atoms with Crippen LogP contribution in [0.2, 0.25) is 0 Å². The van der Waals surface area contributed by atoms with Crippen molar-refractivity contribution in [3.63, 3.8) is 0 Å². The Morgan fingerprint density at radius 2 is 1.78 bits per heavy atom. The predicted molar refractivity (Wildman–Crippen MR) is 67.0 cm³/mol. The summed E-state index contributed by atoms with van der Waals surface area (Å²) in [6, 6.07) is 2.94. The van der Waals surface area contributed by atoms with E-state index in [0.717, 1.165) is 31.7 Å². The molecule has 100 valence electrons. The molecule has 1 saturated carbocycles. The van der Waals surface area contributed by atoms with Crippen molar-refractivity contribution >= 4 is 0 Å². The number of hydrogen-bond acceptors (Lipinski definition) is 2. The number of nitrogens with one attached hydrogen (secondary N) is 1. The van der Waals surface area contributed by atoms with Crippen LogP contribution in [0.4, 0.5) is 8.78 Å². The number of ether oxygens (including phenoxy) is 1. The minimum atomic E-state index is -0.482. The van der Waals surface area contributed by atoms with Crippen LogP contribution in [0.3, 0.4) is 0 Å². The fourth-order valence-corrected chi connectivity index (χ4v) is 2.71. The Morgan fingerprint density at radius 3 is 2.33 bits per heavy atom. The molecular formula is C14H19F2NO. The van der Waals surface area contributed by atoms with E-state index >= 15 is 0 Å². The van der Waals surface area contributed by atoms with Crippen LogP contribution in [0, 0.1) is 11.6 Å². The van der Waals surface area contributed by atoms with E-state index in [2.05, 4.69) is 5.32 Å². The molecule has 2 rings (SSSR count). The van der Waals surface area contributed by atoms with E-state index in [-0.39, 0.29) is 17.5 Å². The first kappa shape index (κ1) is 13.3. The summed E-state index contributed by atoms with van der Waals surface area (Å²) in [6.45, 7) is 0. The maximum atomic E-state index is 13.9. The Labute approximate surface area is 106 Å². The maximum Gasteiger partial charge on any atom is 0.165 e. The average molecular weight is 255 g/mol. The molecule has 1 fully saturated rings. The van der Waals surface area contributed by atoms with Crippen molar-refractivity contribution in [1.29, 1.82) is 0 Å². The Balaban J connectivity index is 2.16. The summed E-state index contributed by atoms with van der Waals surface area (Å²) >= 11 is 0. The Morgan fingerprint density at radius 1 is 1.11 bits per heavy atom. The molecule has 0 aliphatic heterocycles. The number of rotatable bonds is 3. The normalized spacial score (nSPS) is 24.0. The summed E-state index contributed by atoms with van der Waals surface area (Å²) < 4.78 is 32.3. The largest absolute Gasteiger partial charge is 0.494 e. The van der Waals surface area contributed by atoms with Gasteiger partial charge in [-0.25, -0.2) is 8.78 Å². The standard InChI is InChI=1S/C14H19F2NO/c1-17-10-5-3-9(4-6-10)11-7-13(16)14(18-2)8-12(11)15/h7-10,17H,3-6H2,1-2H3. The molecule has 0 heterocycles. The zero-order chi connectivity index (χ0) is 13.1. The van der Waals surface area contributed by atoms with Gasteiger partial charge in [-0.15, -0.1) is 0 Å². The highest BCUT2D eigenvalue weighted by atomic mass is 19.1. The van der Waals surface area contributed by atoms with Gasteiger partial charge in [-0.3, -0.25) is 0 Å². The van der Waals surface area contributed by atoms with E-state index in [1.54, 1.807) is 0 Å². The molecule has 0 radical (unpaired) electrons. The number of halogens is 2. The van der Waals surface area contributed by atoms with Gasteiger partial charge in [-0.1, -0.05) is 0 Å². The fraction of sp³-hybridized carbons (Fsp3) is 0.571. The minimum absolute atomic E-state index is 0.0276. The molecule has 1 N–H and O–H groups in total. The van der Waals surface area contributed by atoms with Gasteiger partial charge in [0.2, 0.25) is 0 Å². The van der Waals surface area contributed by atoms with E-state index in [4.69, 9.17) is 4.74 Å². The van der Waals surface area contributed by atoms with Gasteiger partial charge in [0.25, 0.3) is 0 Å². The molecule has 1 aliphatic carbocycles. The van der Waals surface area contributed by atoms with Crippen molar-refractivity contribution in [2.45, 2.75) is 37.6 Å². The van der Waals surface area contributed by atoms with Gasteiger partial charge in [0.1, 0.15) is 5.82 Å². The fourth-order valence-electron chi connectivity index (χ4n) is 2.71. The summed E-state index contributed by atoms with van der Waals surface area (Å²) in [7, 11) is 3.29. The lowest BCUT2D eigenvalue weighted by atomic mass is 9.81. The summed E-state index contributed by atoms with van der Waals surface area (Å²) in [4.78, 5) is 0. The van der Waals surface area contributed by atoms with Crippen molar-refractivity contribution in [1.82, 2.24) is 5.32 Å². The first-order valence-electron chi connectivity index (χ1n) is 6.36. The number of methoxy groups -OCH3 is 1. The molecule has 1 aromatic carbocycles. The summed E-state index contributed by atoms with van der Waals surface area (Å²) in [5, 5.41) is 3.23. The Kier molecular flexibility index (Phi) is 4.17. The first-order chi connectivity index (χ1) is 8.65. The molecular weight excluding hydrogens is 236 g/mol. The van der Waals surface area contributed by atoms with Crippen LogP contribution >= 0.6 is 0 Å². The van der Waals surface area contributed by atoms with Gasteiger partial charge in [-0.05, 0) is 50.3 Å². The topological polar surface area (TPSA) is 21.3 Å². The van der Waals surface area contributed by atoms with Crippen LogP contribution in [0.1, 0.15) is 37.2 Å². The van der Waals surface area contributed by atoms with Crippen molar-refractivity contribution in [2.75, 3.05) is 14.2 Å². The molecule has 18 heavy (non-hydrogen) atoms. The lowest BCUT2D eigenvalue weighted by Crippen LogP contribution is -2.29. The van der Waals surface area contributed by atoms with Crippen LogP contribution in [-0.2, 0) is 0 Å². The van der Waals surface area contributed by atoms with E-state index in [1.807, 2.05) is 7.05 Å². The molecule has 0 spiro atoms. The van der Waals surface area contributed by atoms with Crippen LogP contribution in [0.15, 0.2) is 12.1 Å². The summed E-state index contributed by atoms with van der Waals surface area (Å²) in [5.74, 6) is -0.749. The molecule has 0 aromatic heterocycles. The third-order valence-electron chi connectivity index (χ3n) is 3.85. The number of benzene rings is 1. The van der Waals surface area contributed by atoms with Crippen molar-refractivity contribution in [3.05, 3.63) is 29.3 Å². The predicted octanol–water partition coefficient (Wildman–Crippen LogP) is 3.22. The zero-order valence-electron chi connectivity index (χ0n) is 10.8. The van der Waals surface area contributed by atoms with Crippen LogP contribution < -0.4 is 10.1 Å². The molecule has 1 aromatic rings. The van der Waals surface area contributed by atoms with E-state index in [0.29, 0.717) is 11.6 Å². The maximum absolute atomic E-state index is 13.9. The average Bonchev–Trinajstić information content (AvgIpc) is 2.41. The van der Waals surface area contributed by atoms with Gasteiger partial charge >= 0.3 is 0 Å². The first-order valence-corrected chi connectivity index (χ1v) is 6.36. The van der Waals surface area contributed by atoms with Gasteiger partial charge in [-0.2, -0.15) is 0 Å². The molecule has 2 nitrogen and oxygen atoms in total. The van der Waals surface area contributed by atoms with Gasteiger partial charge in [0.05, 0.1) is 7.11 Å². The quantitative estimate of drug-likeness (QED) is 0.895. The second-order valence-corrected chi connectivity index (χ2v) is 4.85. The van der Waals surface area contributed by atoms with Crippen molar-refractivity contribution < 1.29 is 13.5 Å². The van der Waals surface area contributed by atoms with E-state index in [1.165, 1.54) is 13.2 Å². The second kappa shape index (κ2) is 5.65. The monoisotopic (exact) mass is 255 g/mol. The third-order valence-corrected chi connectivity index (χ3v) is 3.85. The van der Waals surface area contributed by atoms with Crippen molar-refractivity contribution in [2.24, 2.45) is 0 Å². The van der Waals surface area contributed by atoms with E-state index < -0.39 is 5.82 Å². The van der Waals surface area contributed by atoms with Crippen molar-refractivity contribution in [3.8, 4) is 5.75 Å². The Hall–Kier alpha value is -1.16. The molecule has 0 amide bonds. The minimum Gasteiger partial charge on any atom is -0.494 e. The molecule has 1 aliphatic rings. The zero-order valence-corrected chi connectivity index (χ0v) is 10.8. The molecule has 0 unspecified atom stereocenters. The summed E-state index contributed by atoms with van der Waals surface area (Å²) in [6.07, 6.45) is 3.81. The number of hydrogen-bond donors (Lipinski definition) is 1. The summed E-state index contributed by atoms with van der Waals surface area (Å²) in [5.41, 5.74) is 0.489. The van der Waals surface area contributed by atoms with Gasteiger partial charge < -0.3 is 10.1 Å².